The van der Waals surface area contributed by atoms with Gasteiger partial charge in [0.25, 0.3) is 5.56 Å². The van der Waals surface area contributed by atoms with Gasteiger partial charge in [0.2, 0.25) is 0 Å². The average Bonchev–Trinajstić information content (AvgIpc) is 3.23. The summed E-state index contributed by atoms with van der Waals surface area (Å²) in [7, 11) is 0. The third kappa shape index (κ3) is 2.67. The van der Waals surface area contributed by atoms with Crippen LogP contribution in [0.4, 0.5) is 0 Å². The molecule has 1 aromatic carbocycles. The fraction of sp³-hybridized carbons (Fsp3) is 0.167. The lowest BCUT2D eigenvalue weighted by atomic mass is 10.0. The van der Waals surface area contributed by atoms with E-state index in [1.807, 2.05) is 44.3 Å². The van der Waals surface area contributed by atoms with E-state index in [-0.39, 0.29) is 5.56 Å². The Kier molecular flexibility index (Phi) is 3.94. The molecule has 3 heterocycles. The van der Waals surface area contributed by atoms with Crippen molar-refractivity contribution in [2.45, 2.75) is 20.4 Å². The van der Waals surface area contributed by atoms with Gasteiger partial charge in [-0.2, -0.15) is 5.10 Å². The SMILES string of the molecule is CCn1c(=O)c(-c2ccc(-c3cnc(C)s3)cc2Cl)cc2cn[nH]c21. The van der Waals surface area contributed by atoms with Crippen LogP contribution in [0.5, 0.6) is 0 Å². The molecule has 0 saturated carbocycles. The molecule has 1 N–H and O–H groups in total. The normalized spacial score (nSPS) is 11.3. The number of thiazole rings is 1. The lowest BCUT2D eigenvalue weighted by Crippen LogP contribution is -2.21. The van der Waals surface area contributed by atoms with E-state index in [0.717, 1.165) is 32.0 Å². The van der Waals surface area contributed by atoms with Crippen LogP contribution in [0.2, 0.25) is 5.02 Å². The van der Waals surface area contributed by atoms with Gasteiger partial charge >= 0.3 is 0 Å². The monoisotopic (exact) mass is 370 g/mol. The van der Waals surface area contributed by atoms with Gasteiger partial charge in [0.05, 0.1) is 16.1 Å². The highest BCUT2D eigenvalue weighted by Gasteiger charge is 2.15. The Labute approximate surface area is 152 Å². The van der Waals surface area contributed by atoms with Gasteiger partial charge < -0.3 is 0 Å². The number of halogens is 1. The zero-order valence-corrected chi connectivity index (χ0v) is 15.3. The molecule has 0 amide bonds. The minimum absolute atomic E-state index is 0.0810. The van der Waals surface area contributed by atoms with E-state index in [4.69, 9.17) is 11.6 Å². The van der Waals surface area contributed by atoms with Gasteiger partial charge in [-0.1, -0.05) is 23.7 Å². The number of H-pyrrole nitrogens is 1. The average molecular weight is 371 g/mol. The van der Waals surface area contributed by atoms with Crippen molar-refractivity contribution in [3.8, 4) is 21.6 Å². The zero-order chi connectivity index (χ0) is 17.6. The highest BCUT2D eigenvalue weighted by Crippen LogP contribution is 2.33. The fourth-order valence-corrected chi connectivity index (χ4v) is 4.01. The Morgan fingerprint density at radius 2 is 2.08 bits per heavy atom. The van der Waals surface area contributed by atoms with Gasteiger partial charge in [0.15, 0.2) is 0 Å². The molecule has 0 radical (unpaired) electrons. The highest BCUT2D eigenvalue weighted by molar-refractivity contribution is 7.15. The van der Waals surface area contributed by atoms with Crippen molar-refractivity contribution in [3.63, 3.8) is 0 Å². The van der Waals surface area contributed by atoms with Crippen LogP contribution >= 0.6 is 22.9 Å². The molecule has 5 nitrogen and oxygen atoms in total. The standard InChI is InChI=1S/C18H15ClN4OS/c1-3-23-17-12(8-21-22-17)6-14(18(23)24)13-5-4-11(7-15(13)19)16-9-20-10(2)25-16/h4-9H,3H2,1-2H3,(H,21,22). The van der Waals surface area contributed by atoms with Gasteiger partial charge in [0, 0.05) is 34.3 Å². The van der Waals surface area contributed by atoms with E-state index in [1.165, 1.54) is 0 Å². The predicted molar refractivity (Wildman–Crippen MR) is 102 cm³/mol. The molecule has 0 aliphatic carbocycles. The first kappa shape index (κ1) is 16.1. The van der Waals surface area contributed by atoms with Gasteiger partial charge in [0.1, 0.15) is 5.65 Å². The Hall–Kier alpha value is -2.44. The summed E-state index contributed by atoms with van der Waals surface area (Å²) in [4.78, 5) is 18.2. The van der Waals surface area contributed by atoms with Crippen LogP contribution in [0.1, 0.15) is 11.9 Å². The topological polar surface area (TPSA) is 63.6 Å². The molecule has 126 valence electrons. The van der Waals surface area contributed by atoms with Crippen LogP contribution < -0.4 is 5.56 Å². The van der Waals surface area contributed by atoms with Gasteiger partial charge in [-0.05, 0) is 31.5 Å². The minimum Gasteiger partial charge on any atom is -0.293 e. The number of benzene rings is 1. The summed E-state index contributed by atoms with van der Waals surface area (Å²) in [5.41, 5.74) is 2.95. The van der Waals surface area contributed by atoms with E-state index in [0.29, 0.717) is 17.1 Å². The largest absolute Gasteiger partial charge is 0.293 e. The molecule has 3 aromatic heterocycles. The quantitative estimate of drug-likeness (QED) is 0.577. The summed E-state index contributed by atoms with van der Waals surface area (Å²) in [6.45, 7) is 4.46. The molecule has 7 heteroatoms. The third-order valence-corrected chi connectivity index (χ3v) is 5.45. The molecule has 0 unspecified atom stereocenters. The molecule has 4 aromatic rings. The van der Waals surface area contributed by atoms with Crippen molar-refractivity contribution >= 4 is 34.0 Å². The first-order valence-corrected chi connectivity index (χ1v) is 9.07. The second-order valence-electron chi connectivity index (χ2n) is 5.72. The number of hydrogen-bond donors (Lipinski definition) is 1. The molecule has 25 heavy (non-hydrogen) atoms. The highest BCUT2D eigenvalue weighted by atomic mass is 35.5. The van der Waals surface area contributed by atoms with Crippen LogP contribution in [0, 0.1) is 6.92 Å². The van der Waals surface area contributed by atoms with Crippen molar-refractivity contribution in [1.29, 1.82) is 0 Å². The number of aromatic amines is 1. The van der Waals surface area contributed by atoms with Crippen molar-refractivity contribution in [1.82, 2.24) is 19.7 Å². The smallest absolute Gasteiger partial charge is 0.260 e. The second-order valence-corrected chi connectivity index (χ2v) is 7.36. The maximum absolute atomic E-state index is 12.9. The summed E-state index contributed by atoms with van der Waals surface area (Å²) >= 11 is 8.14. The minimum atomic E-state index is -0.0810. The molecular weight excluding hydrogens is 356 g/mol. The number of aromatic nitrogens is 4. The molecule has 0 atom stereocenters. The summed E-state index contributed by atoms with van der Waals surface area (Å²) in [6, 6.07) is 7.60. The Bertz CT molecular complexity index is 1140. The van der Waals surface area contributed by atoms with E-state index in [9.17, 15) is 4.79 Å². The summed E-state index contributed by atoms with van der Waals surface area (Å²) in [6.07, 6.45) is 3.56. The Morgan fingerprint density at radius 3 is 2.76 bits per heavy atom. The molecule has 0 saturated heterocycles. The van der Waals surface area contributed by atoms with Gasteiger partial charge in [-0.25, -0.2) is 4.98 Å². The fourth-order valence-electron chi connectivity index (χ4n) is 2.95. The predicted octanol–water partition coefficient (Wildman–Crippen LogP) is 4.50. The van der Waals surface area contributed by atoms with E-state index in [1.54, 1.807) is 22.1 Å². The number of nitrogens with one attached hydrogen (secondary N) is 1. The van der Waals surface area contributed by atoms with Crippen molar-refractivity contribution < 1.29 is 0 Å². The molecule has 0 bridgehead atoms. The van der Waals surface area contributed by atoms with Crippen LogP contribution in [0.25, 0.3) is 32.6 Å². The number of aryl methyl sites for hydroxylation is 2. The van der Waals surface area contributed by atoms with E-state index >= 15 is 0 Å². The van der Waals surface area contributed by atoms with Crippen LogP contribution in [0.15, 0.2) is 41.5 Å². The number of nitrogens with zero attached hydrogens (tertiary/aromatic N) is 3. The Balaban J connectivity index is 1.89. The van der Waals surface area contributed by atoms with Crippen molar-refractivity contribution in [2.75, 3.05) is 0 Å². The molecule has 0 spiro atoms. The summed E-state index contributed by atoms with van der Waals surface area (Å²) in [5, 5.41) is 9.36. The first-order valence-electron chi connectivity index (χ1n) is 7.88. The van der Waals surface area contributed by atoms with Gasteiger partial charge in [-0.3, -0.25) is 14.5 Å². The third-order valence-electron chi connectivity index (χ3n) is 4.17. The molecule has 0 aliphatic heterocycles. The number of pyridine rings is 1. The molecule has 4 rings (SSSR count). The second kappa shape index (κ2) is 6.13. The number of fused-ring (bicyclic) bond motifs is 1. The number of hydrogen-bond acceptors (Lipinski definition) is 4. The maximum atomic E-state index is 12.9. The first-order chi connectivity index (χ1) is 12.1. The summed E-state index contributed by atoms with van der Waals surface area (Å²) < 4.78 is 1.68. The van der Waals surface area contributed by atoms with Crippen molar-refractivity contribution in [2.24, 2.45) is 0 Å². The molecular formula is C18H15ClN4OS. The Morgan fingerprint density at radius 1 is 1.24 bits per heavy atom. The van der Waals surface area contributed by atoms with Crippen LogP contribution in [0.3, 0.4) is 0 Å². The zero-order valence-electron chi connectivity index (χ0n) is 13.7. The lowest BCUT2D eigenvalue weighted by molar-refractivity contribution is 0.749. The van der Waals surface area contributed by atoms with Gasteiger partial charge in [-0.15, -0.1) is 11.3 Å². The van der Waals surface area contributed by atoms with Crippen LogP contribution in [-0.4, -0.2) is 19.7 Å². The number of rotatable bonds is 3. The van der Waals surface area contributed by atoms with E-state index in [2.05, 4.69) is 15.2 Å². The van der Waals surface area contributed by atoms with Crippen LogP contribution in [-0.2, 0) is 6.54 Å². The molecule has 0 fully saturated rings. The molecule has 0 aliphatic rings. The van der Waals surface area contributed by atoms with Crippen molar-refractivity contribution in [3.05, 3.63) is 57.0 Å². The summed E-state index contributed by atoms with van der Waals surface area (Å²) in [5.74, 6) is 0. The lowest BCUT2D eigenvalue weighted by Gasteiger charge is -2.10. The van der Waals surface area contributed by atoms with E-state index < -0.39 is 0 Å². The maximum Gasteiger partial charge on any atom is 0.260 e.